The van der Waals surface area contributed by atoms with E-state index in [4.69, 9.17) is 14.7 Å². The van der Waals surface area contributed by atoms with Crippen molar-refractivity contribution in [2.24, 2.45) is 0 Å². The minimum Gasteiger partial charge on any atom is -0.495 e. The van der Waals surface area contributed by atoms with Crippen LogP contribution < -0.4 is 14.8 Å². The third kappa shape index (κ3) is 4.51. The zero-order valence-electron chi connectivity index (χ0n) is 12.0. The first-order valence-electron chi connectivity index (χ1n) is 6.79. The Morgan fingerprint density at radius 3 is 2.67 bits per heavy atom. The molecule has 108 valence electrons. The Labute approximate surface area is 124 Å². The maximum atomic E-state index is 8.93. The maximum absolute atomic E-state index is 8.93. The molecule has 0 heterocycles. The summed E-state index contributed by atoms with van der Waals surface area (Å²) in [5.74, 6) is 1.48. The largest absolute Gasteiger partial charge is 0.495 e. The lowest BCUT2D eigenvalue weighted by atomic mass is 10.1. The Hall–Kier alpha value is -2.51. The average molecular weight is 282 g/mol. The molecule has 0 radical (unpaired) electrons. The van der Waals surface area contributed by atoms with Gasteiger partial charge >= 0.3 is 0 Å². The molecule has 21 heavy (non-hydrogen) atoms. The lowest BCUT2D eigenvalue weighted by Gasteiger charge is -2.09. The number of nitriles is 1. The molecule has 2 aromatic rings. The van der Waals surface area contributed by atoms with E-state index >= 15 is 0 Å². The summed E-state index contributed by atoms with van der Waals surface area (Å²) in [6.45, 7) is 2.06. The normalized spacial score (nSPS) is 9.90. The van der Waals surface area contributed by atoms with Gasteiger partial charge in [0, 0.05) is 13.1 Å². The lowest BCUT2D eigenvalue weighted by Crippen LogP contribution is -2.20. The van der Waals surface area contributed by atoms with Crippen molar-refractivity contribution in [1.82, 2.24) is 5.32 Å². The quantitative estimate of drug-likeness (QED) is 0.793. The van der Waals surface area contributed by atoms with Gasteiger partial charge in [-0.3, -0.25) is 0 Å². The number of rotatable bonds is 7. The Morgan fingerprint density at radius 1 is 1.14 bits per heavy atom. The van der Waals surface area contributed by atoms with Gasteiger partial charge in [-0.1, -0.05) is 24.3 Å². The van der Waals surface area contributed by atoms with Gasteiger partial charge in [0.1, 0.15) is 24.2 Å². The van der Waals surface area contributed by atoms with Crippen LogP contribution in [0.1, 0.15) is 11.1 Å². The van der Waals surface area contributed by atoms with Gasteiger partial charge in [-0.2, -0.15) is 5.26 Å². The maximum Gasteiger partial charge on any atom is 0.136 e. The van der Waals surface area contributed by atoms with E-state index in [9.17, 15) is 0 Å². The van der Waals surface area contributed by atoms with Crippen molar-refractivity contribution >= 4 is 0 Å². The third-order valence-electron chi connectivity index (χ3n) is 3.01. The second kappa shape index (κ2) is 7.93. The number of hydrogen-bond acceptors (Lipinski definition) is 4. The zero-order chi connectivity index (χ0) is 14.9. The van der Waals surface area contributed by atoms with E-state index in [0.29, 0.717) is 24.5 Å². The fourth-order valence-corrected chi connectivity index (χ4v) is 1.93. The second-order valence-electron chi connectivity index (χ2n) is 4.48. The summed E-state index contributed by atoms with van der Waals surface area (Å²) in [7, 11) is 1.57. The summed E-state index contributed by atoms with van der Waals surface area (Å²) in [5.41, 5.74) is 1.62. The van der Waals surface area contributed by atoms with E-state index in [-0.39, 0.29) is 0 Å². The minimum absolute atomic E-state index is 0.550. The SMILES string of the molecule is COc1cc(CNCCOc2ccccc2)ccc1C#N. The van der Waals surface area contributed by atoms with E-state index in [0.717, 1.165) is 17.9 Å². The number of nitrogens with zero attached hydrogens (tertiary/aromatic N) is 1. The van der Waals surface area contributed by atoms with Crippen molar-refractivity contribution < 1.29 is 9.47 Å². The van der Waals surface area contributed by atoms with Crippen molar-refractivity contribution in [1.29, 1.82) is 5.26 Å². The third-order valence-corrected chi connectivity index (χ3v) is 3.01. The summed E-state index contributed by atoms with van der Waals surface area (Å²) in [5, 5.41) is 12.2. The molecule has 0 saturated carbocycles. The number of hydrogen-bond donors (Lipinski definition) is 1. The van der Waals surface area contributed by atoms with Crippen LogP contribution in [0, 0.1) is 11.3 Å². The Kier molecular flexibility index (Phi) is 5.62. The molecule has 1 N–H and O–H groups in total. The Morgan fingerprint density at radius 2 is 1.95 bits per heavy atom. The molecule has 0 spiro atoms. The fraction of sp³-hybridized carbons (Fsp3) is 0.235. The molecule has 4 heteroatoms. The van der Waals surface area contributed by atoms with Crippen LogP contribution in [0.15, 0.2) is 48.5 Å². The van der Waals surface area contributed by atoms with Gasteiger partial charge < -0.3 is 14.8 Å². The van der Waals surface area contributed by atoms with Crippen LogP contribution in [-0.4, -0.2) is 20.3 Å². The highest BCUT2D eigenvalue weighted by Gasteiger charge is 2.03. The minimum atomic E-state index is 0.550. The van der Waals surface area contributed by atoms with Gasteiger partial charge in [0.05, 0.1) is 12.7 Å². The average Bonchev–Trinajstić information content (AvgIpc) is 2.55. The molecular formula is C17H18N2O2. The van der Waals surface area contributed by atoms with Crippen molar-refractivity contribution in [3.63, 3.8) is 0 Å². The lowest BCUT2D eigenvalue weighted by molar-refractivity contribution is 0.313. The van der Waals surface area contributed by atoms with Crippen LogP contribution >= 0.6 is 0 Å². The summed E-state index contributed by atoms with van der Waals surface area (Å²) in [4.78, 5) is 0. The summed E-state index contributed by atoms with van der Waals surface area (Å²) >= 11 is 0. The first-order chi connectivity index (χ1) is 10.3. The molecule has 0 bridgehead atoms. The van der Waals surface area contributed by atoms with Crippen LogP contribution in [0.3, 0.4) is 0 Å². The fourth-order valence-electron chi connectivity index (χ4n) is 1.93. The highest BCUT2D eigenvalue weighted by atomic mass is 16.5. The van der Waals surface area contributed by atoms with Gasteiger partial charge in [-0.25, -0.2) is 0 Å². The van der Waals surface area contributed by atoms with E-state index < -0.39 is 0 Å². The number of ether oxygens (including phenoxy) is 2. The van der Waals surface area contributed by atoms with E-state index in [1.165, 1.54) is 0 Å². The molecule has 2 rings (SSSR count). The standard InChI is InChI=1S/C17H18N2O2/c1-20-17-11-14(7-8-15(17)12-18)13-19-9-10-21-16-5-3-2-4-6-16/h2-8,11,19H,9-10,13H2,1H3. The van der Waals surface area contributed by atoms with Gasteiger partial charge in [0.15, 0.2) is 0 Å². The number of methoxy groups -OCH3 is 1. The highest BCUT2D eigenvalue weighted by Crippen LogP contribution is 2.19. The molecule has 0 amide bonds. The van der Waals surface area contributed by atoms with Crippen molar-refractivity contribution in [2.45, 2.75) is 6.54 Å². The highest BCUT2D eigenvalue weighted by molar-refractivity contribution is 5.45. The molecular weight excluding hydrogens is 264 g/mol. The predicted octanol–water partition coefficient (Wildman–Crippen LogP) is 2.74. The van der Waals surface area contributed by atoms with Crippen LogP contribution in [0.4, 0.5) is 0 Å². The molecule has 4 nitrogen and oxygen atoms in total. The van der Waals surface area contributed by atoms with E-state index in [2.05, 4.69) is 11.4 Å². The van der Waals surface area contributed by atoms with Gasteiger partial charge in [-0.15, -0.1) is 0 Å². The van der Waals surface area contributed by atoms with E-state index in [1.807, 2.05) is 42.5 Å². The van der Waals surface area contributed by atoms with Crippen molar-refractivity contribution in [2.75, 3.05) is 20.3 Å². The van der Waals surface area contributed by atoms with Crippen LogP contribution in [0.5, 0.6) is 11.5 Å². The molecule has 0 unspecified atom stereocenters. The molecule has 0 aliphatic rings. The number of para-hydroxylation sites is 1. The first kappa shape index (κ1) is 14.9. The monoisotopic (exact) mass is 282 g/mol. The summed E-state index contributed by atoms with van der Waals surface area (Å²) in [6.07, 6.45) is 0. The van der Waals surface area contributed by atoms with Gasteiger partial charge in [0.2, 0.25) is 0 Å². The van der Waals surface area contributed by atoms with Gasteiger partial charge in [0.25, 0.3) is 0 Å². The van der Waals surface area contributed by atoms with Crippen LogP contribution in [0.2, 0.25) is 0 Å². The van der Waals surface area contributed by atoms with Gasteiger partial charge in [-0.05, 0) is 29.8 Å². The van der Waals surface area contributed by atoms with Crippen LogP contribution in [-0.2, 0) is 6.54 Å². The van der Waals surface area contributed by atoms with Crippen molar-refractivity contribution in [3.05, 3.63) is 59.7 Å². The molecule has 0 aliphatic carbocycles. The topological polar surface area (TPSA) is 54.3 Å². The van der Waals surface area contributed by atoms with Crippen LogP contribution in [0.25, 0.3) is 0 Å². The molecule has 0 saturated heterocycles. The van der Waals surface area contributed by atoms with Crippen molar-refractivity contribution in [3.8, 4) is 17.6 Å². The molecule has 0 fully saturated rings. The molecule has 2 aromatic carbocycles. The Balaban J connectivity index is 1.75. The zero-order valence-corrected chi connectivity index (χ0v) is 12.0. The number of benzene rings is 2. The molecule has 0 aliphatic heterocycles. The van der Waals surface area contributed by atoms with E-state index in [1.54, 1.807) is 13.2 Å². The number of nitrogens with one attached hydrogen (secondary N) is 1. The predicted molar refractivity (Wildman–Crippen MR) is 81.4 cm³/mol. The second-order valence-corrected chi connectivity index (χ2v) is 4.48. The smallest absolute Gasteiger partial charge is 0.136 e. The summed E-state index contributed by atoms with van der Waals surface area (Å²) in [6, 6.07) is 17.4. The summed E-state index contributed by atoms with van der Waals surface area (Å²) < 4.78 is 10.8. The molecule has 0 aromatic heterocycles. The first-order valence-corrected chi connectivity index (χ1v) is 6.79. The Bertz CT molecular complexity index is 606. The molecule has 0 atom stereocenters.